The molecule has 142 valence electrons. The quantitative estimate of drug-likeness (QED) is 0.353. The topological polar surface area (TPSA) is 65.1 Å². The molecule has 0 spiro atoms. The normalized spacial score (nSPS) is 34.6. The smallest absolute Gasteiger partial charge is 0.338 e. The van der Waals surface area contributed by atoms with E-state index in [0.717, 1.165) is 31.3 Å². The summed E-state index contributed by atoms with van der Waals surface area (Å²) in [5.41, 5.74) is 1.88. The van der Waals surface area contributed by atoms with Gasteiger partial charge in [0.2, 0.25) is 0 Å². The Morgan fingerprint density at radius 2 is 2.11 bits per heavy atom. The monoisotopic (exact) mass is 368 g/mol. The van der Waals surface area contributed by atoms with Gasteiger partial charge in [0.25, 0.3) is 0 Å². The van der Waals surface area contributed by atoms with Crippen molar-refractivity contribution in [2.45, 2.75) is 50.4 Å². The molecule has 0 aromatic heterocycles. The van der Waals surface area contributed by atoms with E-state index in [2.05, 4.69) is 19.6 Å². The van der Waals surface area contributed by atoms with Crippen LogP contribution in [0.5, 0.6) is 0 Å². The number of rotatable bonds is 3. The van der Waals surface area contributed by atoms with Gasteiger partial charge in [0, 0.05) is 11.5 Å². The number of fused-ring (bicyclic) bond motifs is 3. The summed E-state index contributed by atoms with van der Waals surface area (Å²) in [4.78, 5) is 24.2. The fourth-order valence-electron chi connectivity index (χ4n) is 4.07. The van der Waals surface area contributed by atoms with Gasteiger partial charge < -0.3 is 14.2 Å². The van der Waals surface area contributed by atoms with Crippen LogP contribution in [0.1, 0.15) is 43.0 Å². The van der Waals surface area contributed by atoms with Crippen LogP contribution >= 0.6 is 0 Å². The summed E-state index contributed by atoms with van der Waals surface area (Å²) >= 11 is 0. The first kappa shape index (κ1) is 18.0. The van der Waals surface area contributed by atoms with Crippen molar-refractivity contribution >= 4 is 11.9 Å². The number of ether oxygens (including phenoxy) is 3. The molecule has 0 unspecified atom stereocenters. The van der Waals surface area contributed by atoms with E-state index in [9.17, 15) is 9.59 Å². The lowest BCUT2D eigenvalue weighted by atomic mass is 9.84. The number of hydrogen-bond acceptors (Lipinski definition) is 5. The van der Waals surface area contributed by atoms with Gasteiger partial charge >= 0.3 is 11.9 Å². The van der Waals surface area contributed by atoms with Crippen molar-refractivity contribution in [1.82, 2.24) is 0 Å². The third kappa shape index (κ3) is 3.56. The predicted molar refractivity (Wildman–Crippen MR) is 99.1 cm³/mol. The van der Waals surface area contributed by atoms with E-state index >= 15 is 0 Å². The van der Waals surface area contributed by atoms with E-state index in [4.69, 9.17) is 14.2 Å². The van der Waals surface area contributed by atoms with Gasteiger partial charge in [0.1, 0.15) is 18.8 Å². The van der Waals surface area contributed by atoms with Crippen LogP contribution in [0.3, 0.4) is 0 Å². The van der Waals surface area contributed by atoms with Crippen molar-refractivity contribution in [3.8, 4) is 0 Å². The van der Waals surface area contributed by atoms with Crippen molar-refractivity contribution in [3.05, 3.63) is 59.7 Å². The molecule has 0 saturated carbocycles. The highest BCUT2D eigenvalue weighted by Gasteiger charge is 2.61. The van der Waals surface area contributed by atoms with Gasteiger partial charge in [-0.2, -0.15) is 0 Å². The van der Waals surface area contributed by atoms with E-state index in [1.165, 1.54) is 0 Å². The van der Waals surface area contributed by atoms with Gasteiger partial charge in [-0.25, -0.2) is 9.59 Å². The van der Waals surface area contributed by atoms with Crippen molar-refractivity contribution < 1.29 is 23.8 Å². The van der Waals surface area contributed by atoms with E-state index in [1.54, 1.807) is 12.1 Å². The number of carbonyl (C=O) groups excluding carboxylic acids is 2. The molecule has 1 aromatic rings. The molecule has 0 N–H and O–H groups in total. The van der Waals surface area contributed by atoms with Crippen LogP contribution in [0.15, 0.2) is 54.1 Å². The second-order valence-electron chi connectivity index (χ2n) is 7.73. The third-order valence-electron chi connectivity index (χ3n) is 5.84. The maximum Gasteiger partial charge on any atom is 0.338 e. The van der Waals surface area contributed by atoms with Crippen LogP contribution in [-0.2, 0) is 19.0 Å². The lowest BCUT2D eigenvalue weighted by Gasteiger charge is -2.20. The molecule has 5 nitrogen and oxygen atoms in total. The Labute approximate surface area is 159 Å². The summed E-state index contributed by atoms with van der Waals surface area (Å²) < 4.78 is 17.0. The van der Waals surface area contributed by atoms with Crippen molar-refractivity contribution in [2.75, 3.05) is 6.61 Å². The first-order valence-corrected chi connectivity index (χ1v) is 9.45. The van der Waals surface area contributed by atoms with Gasteiger partial charge in [0.15, 0.2) is 0 Å². The second-order valence-corrected chi connectivity index (χ2v) is 7.73. The van der Waals surface area contributed by atoms with Gasteiger partial charge in [-0.3, -0.25) is 0 Å². The average molecular weight is 368 g/mol. The van der Waals surface area contributed by atoms with Gasteiger partial charge in [-0.05, 0) is 50.3 Å². The molecule has 0 bridgehead atoms. The molecule has 5 heteroatoms. The average Bonchev–Trinajstić information content (AvgIpc) is 3.26. The Hall–Kier alpha value is -2.40. The van der Waals surface area contributed by atoms with Crippen molar-refractivity contribution in [3.63, 3.8) is 0 Å². The highest BCUT2D eigenvalue weighted by molar-refractivity contribution is 5.91. The first-order valence-electron chi connectivity index (χ1n) is 9.45. The number of allylic oxidation sites excluding steroid dienone is 1. The molecule has 3 aliphatic rings. The Kier molecular flexibility index (Phi) is 4.64. The largest absolute Gasteiger partial charge is 0.458 e. The molecule has 4 rings (SSSR count). The minimum atomic E-state index is -0.326. The highest BCUT2D eigenvalue weighted by atomic mass is 16.6. The Balaban J connectivity index is 1.44. The van der Waals surface area contributed by atoms with Crippen molar-refractivity contribution in [2.24, 2.45) is 5.92 Å². The van der Waals surface area contributed by atoms with Crippen LogP contribution < -0.4 is 0 Å². The molecule has 1 aromatic carbocycles. The summed E-state index contributed by atoms with van der Waals surface area (Å²) in [6, 6.07) is 8.98. The first-order chi connectivity index (χ1) is 13.0. The van der Waals surface area contributed by atoms with Crippen LogP contribution in [0, 0.1) is 5.92 Å². The van der Waals surface area contributed by atoms with E-state index in [1.807, 2.05) is 18.2 Å². The molecule has 2 fully saturated rings. The molecule has 0 radical (unpaired) electrons. The number of carbonyl (C=O) groups is 2. The molecule has 27 heavy (non-hydrogen) atoms. The minimum Gasteiger partial charge on any atom is -0.458 e. The van der Waals surface area contributed by atoms with E-state index < -0.39 is 0 Å². The Morgan fingerprint density at radius 1 is 1.33 bits per heavy atom. The lowest BCUT2D eigenvalue weighted by Crippen LogP contribution is -2.29. The fraction of sp³-hybridized carbons (Fsp3) is 0.455. The van der Waals surface area contributed by atoms with Gasteiger partial charge in [0.05, 0.1) is 11.2 Å². The summed E-state index contributed by atoms with van der Waals surface area (Å²) in [5.74, 6) is -0.688. The number of epoxide rings is 1. The molecular formula is C22H24O5. The molecule has 4 atom stereocenters. The van der Waals surface area contributed by atoms with Crippen LogP contribution in [0.2, 0.25) is 0 Å². The number of esters is 2. The molecule has 0 amide bonds. The molecule has 2 saturated heterocycles. The maximum absolute atomic E-state index is 12.2. The Bertz CT molecular complexity index is 796. The van der Waals surface area contributed by atoms with Crippen LogP contribution in [0.4, 0.5) is 0 Å². The molecular weight excluding hydrogens is 344 g/mol. The number of hydrogen-bond donors (Lipinski definition) is 0. The zero-order chi connectivity index (χ0) is 19.0. The van der Waals surface area contributed by atoms with Gasteiger partial charge in [-0.1, -0.05) is 30.9 Å². The zero-order valence-corrected chi connectivity index (χ0v) is 15.5. The van der Waals surface area contributed by atoms with E-state index in [-0.39, 0.29) is 42.3 Å². The molecule has 1 aliphatic carbocycles. The predicted octanol–water partition coefficient (Wildman–Crippen LogP) is 3.60. The number of benzene rings is 1. The maximum atomic E-state index is 12.2. The lowest BCUT2D eigenvalue weighted by molar-refractivity contribution is -0.140. The Morgan fingerprint density at radius 3 is 2.89 bits per heavy atom. The van der Waals surface area contributed by atoms with Crippen molar-refractivity contribution in [1.29, 1.82) is 0 Å². The van der Waals surface area contributed by atoms with E-state index in [0.29, 0.717) is 11.1 Å². The molecule has 2 aliphatic heterocycles. The zero-order valence-electron chi connectivity index (χ0n) is 15.5. The summed E-state index contributed by atoms with van der Waals surface area (Å²) in [6.45, 7) is 6.25. The molecule has 2 heterocycles. The second kappa shape index (κ2) is 6.97. The standard InChI is InChI=1S/C22H24O5/c1-14-17-11-10-15(13-25-21(24)16-8-4-3-5-9-16)7-6-12-22(2)19(27-22)18(17)26-20(14)23/h3-5,7-9,17-19H,1,6,10-13H2,2H3/b15-7+/t17-,18-,19-,22+/m0/s1. The highest BCUT2D eigenvalue weighted by Crippen LogP contribution is 2.49. The minimum absolute atomic E-state index is 0.0449. The SMILES string of the molecule is C=C1C(=O)O[C@H]2[C@H]1CC/C(COC(=O)c1ccccc1)=C\CC[C@@]1(C)O[C@@H]21. The fourth-order valence-corrected chi connectivity index (χ4v) is 4.07. The van der Waals surface area contributed by atoms with Crippen LogP contribution in [0.25, 0.3) is 0 Å². The summed E-state index contributed by atoms with van der Waals surface area (Å²) in [6.07, 6.45) is 5.02. The third-order valence-corrected chi connectivity index (χ3v) is 5.84. The summed E-state index contributed by atoms with van der Waals surface area (Å²) in [5, 5.41) is 0. The summed E-state index contributed by atoms with van der Waals surface area (Å²) in [7, 11) is 0. The van der Waals surface area contributed by atoms with Crippen LogP contribution in [-0.4, -0.2) is 36.4 Å². The van der Waals surface area contributed by atoms with Gasteiger partial charge in [-0.15, -0.1) is 0 Å².